The van der Waals surface area contributed by atoms with Crippen molar-refractivity contribution in [2.75, 3.05) is 14.1 Å². The maximum Gasteiger partial charge on any atom is 0.218 e. The average Bonchev–Trinajstić information content (AvgIpc) is 3.05. The Balaban J connectivity index is 2.40. The van der Waals surface area contributed by atoms with E-state index in [1.165, 1.54) is 11.5 Å². The molecule has 0 fully saturated rings. The Morgan fingerprint density at radius 3 is 2.59 bits per heavy atom. The number of aromatic nitrogens is 1. The van der Waals surface area contributed by atoms with Gasteiger partial charge in [0.25, 0.3) is 0 Å². The molecule has 0 spiro atoms. The number of nitriles is 1. The molecule has 7 heteroatoms. The summed E-state index contributed by atoms with van der Waals surface area (Å²) in [7, 11) is 3.81. The second-order valence-corrected chi connectivity index (χ2v) is 8.10. The molecule has 0 bridgehead atoms. The summed E-state index contributed by atoms with van der Waals surface area (Å²) in [6, 6.07) is 5.87. The molecule has 1 heterocycles. The van der Waals surface area contributed by atoms with E-state index < -0.39 is 0 Å². The number of halogens is 1. The van der Waals surface area contributed by atoms with Gasteiger partial charge in [-0.05, 0) is 37.5 Å². The molecule has 27 heavy (non-hydrogen) atoms. The number of hydrogen-bond acceptors (Lipinski definition) is 5. The summed E-state index contributed by atoms with van der Waals surface area (Å²) >= 11 is 7.60. The summed E-state index contributed by atoms with van der Waals surface area (Å²) < 4.78 is 10.5. The van der Waals surface area contributed by atoms with Gasteiger partial charge in [-0.3, -0.25) is 0 Å². The smallest absolute Gasteiger partial charge is 0.218 e. The van der Waals surface area contributed by atoms with Gasteiger partial charge >= 0.3 is 0 Å². The van der Waals surface area contributed by atoms with Crippen LogP contribution in [-0.2, 0) is 5.41 Å². The van der Waals surface area contributed by atoms with E-state index in [2.05, 4.69) is 36.2 Å². The number of aryl methyl sites for hydroxylation is 1. The zero-order valence-corrected chi connectivity index (χ0v) is 18.2. The van der Waals surface area contributed by atoms with Gasteiger partial charge in [-0.1, -0.05) is 32.4 Å². The minimum Gasteiger partial charge on any atom is -0.442 e. The lowest BCUT2D eigenvalue weighted by atomic mass is 9.80. The van der Waals surface area contributed by atoms with Gasteiger partial charge in [0.1, 0.15) is 17.4 Å². The highest BCUT2D eigenvalue weighted by atomic mass is 35.5. The molecule has 0 N–H and O–H groups in total. The summed E-state index contributed by atoms with van der Waals surface area (Å²) in [6.45, 7) is 8.29. The van der Waals surface area contributed by atoms with Gasteiger partial charge in [0.05, 0.1) is 22.7 Å². The lowest BCUT2D eigenvalue weighted by molar-refractivity contribution is 0.426. The standard InChI is InChI=1S/C20H25ClN4OS/c1-7-20(4,8-2)18-14(11-22)19(27-24-18)26-17-9-13(3)16(10-15(17)21)23-12-25(5)6/h9-10,12H,7-8H2,1-6H3. The summed E-state index contributed by atoms with van der Waals surface area (Å²) in [5, 5.41) is 10.6. The molecule has 0 atom stereocenters. The Morgan fingerprint density at radius 1 is 1.37 bits per heavy atom. The van der Waals surface area contributed by atoms with Crippen LogP contribution in [0.5, 0.6) is 10.8 Å². The summed E-state index contributed by atoms with van der Waals surface area (Å²) in [4.78, 5) is 6.26. The zero-order valence-electron chi connectivity index (χ0n) is 16.6. The van der Waals surface area contributed by atoms with Crippen molar-refractivity contribution in [3.05, 3.63) is 34.0 Å². The normalized spacial score (nSPS) is 11.6. The van der Waals surface area contributed by atoms with E-state index in [1.54, 1.807) is 12.4 Å². The predicted molar refractivity (Wildman–Crippen MR) is 113 cm³/mol. The van der Waals surface area contributed by atoms with Crippen LogP contribution < -0.4 is 4.74 Å². The third kappa shape index (κ3) is 4.60. The van der Waals surface area contributed by atoms with Crippen molar-refractivity contribution in [2.24, 2.45) is 4.99 Å². The maximum absolute atomic E-state index is 9.69. The van der Waals surface area contributed by atoms with E-state index in [0.29, 0.717) is 21.4 Å². The molecule has 2 rings (SSSR count). The number of hydrogen-bond donors (Lipinski definition) is 0. The zero-order chi connectivity index (χ0) is 20.2. The predicted octanol–water partition coefficient (Wildman–Crippen LogP) is 6.07. The van der Waals surface area contributed by atoms with Gasteiger partial charge < -0.3 is 9.64 Å². The fourth-order valence-corrected chi connectivity index (χ4v) is 3.62. The van der Waals surface area contributed by atoms with Crippen LogP contribution in [0.25, 0.3) is 0 Å². The first-order chi connectivity index (χ1) is 12.8. The van der Waals surface area contributed by atoms with Crippen LogP contribution in [0, 0.1) is 18.3 Å². The first-order valence-corrected chi connectivity index (χ1v) is 9.99. The van der Waals surface area contributed by atoms with E-state index in [4.69, 9.17) is 16.3 Å². The van der Waals surface area contributed by atoms with Crippen molar-refractivity contribution in [1.82, 2.24) is 9.27 Å². The lowest BCUT2D eigenvalue weighted by Gasteiger charge is -2.24. The maximum atomic E-state index is 9.69. The lowest BCUT2D eigenvalue weighted by Crippen LogP contribution is -2.21. The minimum atomic E-state index is -0.145. The van der Waals surface area contributed by atoms with Crippen LogP contribution in [0.2, 0.25) is 5.02 Å². The Labute approximate surface area is 170 Å². The Morgan fingerprint density at radius 2 is 2.04 bits per heavy atom. The van der Waals surface area contributed by atoms with Gasteiger partial charge in [-0.25, -0.2) is 4.99 Å². The van der Waals surface area contributed by atoms with Crippen molar-refractivity contribution in [3.8, 4) is 16.9 Å². The van der Waals surface area contributed by atoms with E-state index in [0.717, 1.165) is 29.8 Å². The van der Waals surface area contributed by atoms with Crippen molar-refractivity contribution in [1.29, 1.82) is 5.26 Å². The SMILES string of the molecule is CCC(C)(CC)c1nsc(Oc2cc(C)c(N=CN(C)C)cc2Cl)c1C#N. The van der Waals surface area contributed by atoms with Gasteiger partial charge in [0, 0.05) is 31.0 Å². The molecule has 0 saturated heterocycles. The summed E-state index contributed by atoms with van der Waals surface area (Å²) in [5.74, 6) is 0.499. The molecule has 5 nitrogen and oxygen atoms in total. The molecule has 0 aliphatic heterocycles. The molecular weight excluding hydrogens is 380 g/mol. The van der Waals surface area contributed by atoms with Crippen LogP contribution in [0.4, 0.5) is 5.69 Å². The first-order valence-electron chi connectivity index (χ1n) is 8.84. The van der Waals surface area contributed by atoms with Crippen LogP contribution >= 0.6 is 23.1 Å². The van der Waals surface area contributed by atoms with E-state index in [1.807, 2.05) is 32.0 Å². The van der Waals surface area contributed by atoms with Crippen LogP contribution in [0.3, 0.4) is 0 Å². The fraction of sp³-hybridized carbons (Fsp3) is 0.450. The quantitative estimate of drug-likeness (QED) is 0.415. The number of nitrogens with zero attached hydrogens (tertiary/aromatic N) is 4. The highest BCUT2D eigenvalue weighted by Crippen LogP contribution is 2.42. The largest absolute Gasteiger partial charge is 0.442 e. The van der Waals surface area contributed by atoms with Gasteiger partial charge in [-0.2, -0.15) is 9.64 Å². The monoisotopic (exact) mass is 404 g/mol. The van der Waals surface area contributed by atoms with Crippen LogP contribution in [0.1, 0.15) is 50.4 Å². The highest BCUT2D eigenvalue weighted by Gasteiger charge is 2.31. The van der Waals surface area contributed by atoms with E-state index >= 15 is 0 Å². The second kappa shape index (κ2) is 8.73. The number of rotatable bonds is 7. The van der Waals surface area contributed by atoms with Crippen molar-refractivity contribution < 1.29 is 4.74 Å². The molecule has 2 aromatic rings. The number of aliphatic imine (C=N–C) groups is 1. The molecule has 0 saturated carbocycles. The molecule has 0 aliphatic carbocycles. The van der Waals surface area contributed by atoms with E-state index in [9.17, 15) is 5.26 Å². The van der Waals surface area contributed by atoms with Gasteiger partial charge in [-0.15, -0.1) is 0 Å². The van der Waals surface area contributed by atoms with Gasteiger partial charge in [0.2, 0.25) is 5.06 Å². The Hall–Kier alpha value is -2.10. The van der Waals surface area contributed by atoms with Gasteiger partial charge in [0.15, 0.2) is 0 Å². The third-order valence-electron chi connectivity index (χ3n) is 4.79. The van der Waals surface area contributed by atoms with Crippen LogP contribution in [0.15, 0.2) is 17.1 Å². The van der Waals surface area contributed by atoms with Crippen molar-refractivity contribution in [2.45, 2.75) is 46.0 Å². The molecule has 0 radical (unpaired) electrons. The minimum absolute atomic E-state index is 0.145. The van der Waals surface area contributed by atoms with E-state index in [-0.39, 0.29) is 5.41 Å². The summed E-state index contributed by atoms with van der Waals surface area (Å²) in [6.07, 6.45) is 3.53. The molecule has 0 aliphatic rings. The Bertz CT molecular complexity index is 879. The molecule has 0 amide bonds. The van der Waals surface area contributed by atoms with Crippen molar-refractivity contribution >= 4 is 35.2 Å². The topological polar surface area (TPSA) is 61.5 Å². The second-order valence-electron chi connectivity index (χ2n) is 6.95. The Kier molecular flexibility index (Phi) is 6.85. The van der Waals surface area contributed by atoms with Crippen LogP contribution in [-0.4, -0.2) is 29.7 Å². The summed E-state index contributed by atoms with van der Waals surface area (Å²) in [5.41, 5.74) is 2.86. The molecule has 0 unspecified atom stereocenters. The number of ether oxygens (including phenoxy) is 1. The first kappa shape index (κ1) is 21.2. The third-order valence-corrected chi connectivity index (χ3v) is 5.81. The number of benzene rings is 1. The molecule has 144 valence electrons. The molecular formula is C20H25ClN4OS. The van der Waals surface area contributed by atoms with Crippen molar-refractivity contribution in [3.63, 3.8) is 0 Å². The average molecular weight is 405 g/mol. The molecule has 1 aromatic heterocycles. The fourth-order valence-electron chi connectivity index (χ4n) is 2.58. The molecule has 1 aromatic carbocycles. The highest BCUT2D eigenvalue weighted by molar-refractivity contribution is 7.08.